The Bertz CT molecular complexity index is 422. The van der Waals surface area contributed by atoms with E-state index in [4.69, 9.17) is 14.2 Å². The summed E-state index contributed by atoms with van der Waals surface area (Å²) >= 11 is 2.15. The summed E-state index contributed by atoms with van der Waals surface area (Å²) in [5.74, 6) is -2.83. The fraction of sp³-hybridized carbons (Fsp3) is 0.800. The highest BCUT2D eigenvalue weighted by molar-refractivity contribution is 14.1. The molecule has 0 aromatic rings. The maximum atomic E-state index is 12.3. The van der Waals surface area contributed by atoms with Crippen molar-refractivity contribution in [1.29, 1.82) is 0 Å². The summed E-state index contributed by atoms with van der Waals surface area (Å²) in [5, 5.41) is 0. The summed E-state index contributed by atoms with van der Waals surface area (Å²) in [6.07, 6.45) is -1.03. The topological polar surface area (TPSA) is 78.9 Å². The number of alkyl halides is 1. The Morgan fingerprint density at radius 3 is 2.50 bits per heavy atom. The normalized spacial score (nSPS) is 29.9. The van der Waals surface area contributed by atoms with Gasteiger partial charge in [-0.15, -0.1) is 0 Å². The van der Waals surface area contributed by atoms with Crippen LogP contribution >= 0.6 is 22.6 Å². The first-order valence-electron chi connectivity index (χ1n) is 7.41. The molecule has 1 rings (SSSR count). The number of hydrogen-bond acceptors (Lipinski definition) is 6. The molecule has 0 unspecified atom stereocenters. The lowest BCUT2D eigenvalue weighted by Crippen LogP contribution is -2.43. The molecule has 0 N–H and O–H groups in total. The van der Waals surface area contributed by atoms with Crippen LogP contribution in [-0.2, 0) is 28.6 Å². The molecule has 1 heterocycles. The van der Waals surface area contributed by atoms with Gasteiger partial charge in [-0.3, -0.25) is 14.4 Å². The molecule has 0 aromatic heterocycles. The van der Waals surface area contributed by atoms with Gasteiger partial charge in [0.25, 0.3) is 0 Å². The van der Waals surface area contributed by atoms with E-state index in [2.05, 4.69) is 22.6 Å². The zero-order chi connectivity index (χ0) is 16.9. The third-order valence-corrected chi connectivity index (χ3v) is 4.11. The van der Waals surface area contributed by atoms with E-state index < -0.39 is 42.0 Å². The van der Waals surface area contributed by atoms with Crippen LogP contribution in [0.1, 0.15) is 34.1 Å². The Labute approximate surface area is 144 Å². The summed E-state index contributed by atoms with van der Waals surface area (Å²) in [6.45, 7) is 6.68. The average Bonchev–Trinajstić information content (AvgIpc) is 2.49. The number of ether oxygens (including phenoxy) is 3. The minimum absolute atomic E-state index is 0.0209. The number of cyclic esters (lactones) is 2. The standard InChI is InChI=1S/C15H23IO6/c1-8(2)13(17)22-12-10(4)21-14(18)9(3)7-20-15(19)11(12)5-6-16/h8-12H,5-7H2,1-4H3/t9-,10-,11+,12-/m0/s1. The summed E-state index contributed by atoms with van der Waals surface area (Å²) in [6, 6.07) is 0. The molecule has 4 atom stereocenters. The predicted octanol–water partition coefficient (Wildman–Crippen LogP) is 2.12. The Morgan fingerprint density at radius 1 is 1.32 bits per heavy atom. The molecule has 7 heteroatoms. The maximum Gasteiger partial charge on any atom is 0.312 e. The van der Waals surface area contributed by atoms with Crippen LogP contribution in [0.2, 0.25) is 0 Å². The van der Waals surface area contributed by atoms with Crippen LogP contribution in [0.4, 0.5) is 0 Å². The largest absolute Gasteiger partial charge is 0.464 e. The quantitative estimate of drug-likeness (QED) is 0.297. The predicted molar refractivity (Wildman–Crippen MR) is 87.4 cm³/mol. The fourth-order valence-corrected chi connectivity index (χ4v) is 2.73. The van der Waals surface area contributed by atoms with Gasteiger partial charge >= 0.3 is 17.9 Å². The molecule has 6 nitrogen and oxygen atoms in total. The molecule has 0 aromatic carbocycles. The smallest absolute Gasteiger partial charge is 0.312 e. The second kappa shape index (κ2) is 8.69. The molecule has 0 bridgehead atoms. The van der Waals surface area contributed by atoms with Crippen LogP contribution in [0, 0.1) is 17.8 Å². The summed E-state index contributed by atoms with van der Waals surface area (Å²) in [4.78, 5) is 36.1. The van der Waals surface area contributed by atoms with E-state index in [0.29, 0.717) is 10.8 Å². The van der Waals surface area contributed by atoms with E-state index in [9.17, 15) is 14.4 Å². The highest BCUT2D eigenvalue weighted by Crippen LogP contribution is 2.25. The number of carbonyl (C=O) groups is 3. The van der Waals surface area contributed by atoms with Crippen molar-refractivity contribution in [3.8, 4) is 0 Å². The van der Waals surface area contributed by atoms with Crippen LogP contribution in [0.3, 0.4) is 0 Å². The second-order valence-corrected chi connectivity index (χ2v) is 6.89. The molecular weight excluding hydrogens is 403 g/mol. The summed E-state index contributed by atoms with van der Waals surface area (Å²) in [5.41, 5.74) is 0. The van der Waals surface area contributed by atoms with Crippen LogP contribution in [0.15, 0.2) is 0 Å². The summed E-state index contributed by atoms with van der Waals surface area (Å²) in [7, 11) is 0. The first kappa shape index (κ1) is 19.2. The maximum absolute atomic E-state index is 12.3. The molecule has 0 radical (unpaired) electrons. The van der Waals surface area contributed by atoms with Crippen molar-refractivity contribution in [2.45, 2.75) is 46.3 Å². The molecule has 1 saturated heterocycles. The lowest BCUT2D eigenvalue weighted by Gasteiger charge is -2.29. The van der Waals surface area contributed by atoms with Crippen LogP contribution in [0.5, 0.6) is 0 Å². The molecule has 0 amide bonds. The zero-order valence-electron chi connectivity index (χ0n) is 13.3. The van der Waals surface area contributed by atoms with E-state index in [-0.39, 0.29) is 12.5 Å². The van der Waals surface area contributed by atoms with E-state index in [1.807, 2.05) is 0 Å². The number of esters is 3. The number of rotatable bonds is 4. The van der Waals surface area contributed by atoms with E-state index in [1.165, 1.54) is 0 Å². The molecule has 0 aliphatic carbocycles. The first-order chi connectivity index (χ1) is 10.3. The highest BCUT2D eigenvalue weighted by atomic mass is 127. The van der Waals surface area contributed by atoms with E-state index in [1.54, 1.807) is 27.7 Å². The molecular formula is C15H23IO6. The molecule has 0 saturated carbocycles. The molecule has 1 fully saturated rings. The van der Waals surface area contributed by atoms with Gasteiger partial charge in [-0.25, -0.2) is 0 Å². The molecule has 0 spiro atoms. The van der Waals surface area contributed by atoms with Gasteiger partial charge in [0.2, 0.25) is 0 Å². The van der Waals surface area contributed by atoms with Crippen molar-refractivity contribution < 1.29 is 28.6 Å². The van der Waals surface area contributed by atoms with E-state index >= 15 is 0 Å². The van der Waals surface area contributed by atoms with Crippen LogP contribution in [0.25, 0.3) is 0 Å². The van der Waals surface area contributed by atoms with Crippen molar-refractivity contribution in [3.05, 3.63) is 0 Å². The van der Waals surface area contributed by atoms with Gasteiger partial charge in [0.1, 0.15) is 12.7 Å². The highest BCUT2D eigenvalue weighted by Gasteiger charge is 2.40. The molecule has 1 aliphatic rings. The molecule has 22 heavy (non-hydrogen) atoms. The zero-order valence-corrected chi connectivity index (χ0v) is 15.5. The van der Waals surface area contributed by atoms with Crippen LogP contribution < -0.4 is 0 Å². The van der Waals surface area contributed by atoms with Gasteiger partial charge in [0.15, 0.2) is 6.10 Å². The summed E-state index contributed by atoms with van der Waals surface area (Å²) < 4.78 is 16.7. The average molecular weight is 426 g/mol. The van der Waals surface area contributed by atoms with Gasteiger partial charge in [-0.1, -0.05) is 36.4 Å². The van der Waals surface area contributed by atoms with Crippen LogP contribution in [-0.4, -0.2) is 41.2 Å². The van der Waals surface area contributed by atoms with Crippen molar-refractivity contribution in [3.63, 3.8) is 0 Å². The van der Waals surface area contributed by atoms with Crippen molar-refractivity contribution in [1.82, 2.24) is 0 Å². The Balaban J connectivity index is 3.06. The molecule has 1 aliphatic heterocycles. The monoisotopic (exact) mass is 426 g/mol. The minimum Gasteiger partial charge on any atom is -0.464 e. The van der Waals surface area contributed by atoms with Gasteiger partial charge in [-0.2, -0.15) is 0 Å². The Hall–Kier alpha value is -0.860. The number of hydrogen-bond donors (Lipinski definition) is 0. The van der Waals surface area contributed by atoms with Gasteiger partial charge in [0, 0.05) is 4.43 Å². The lowest BCUT2D eigenvalue weighted by atomic mass is 9.95. The second-order valence-electron chi connectivity index (χ2n) is 5.81. The van der Waals surface area contributed by atoms with Crippen molar-refractivity contribution >= 4 is 40.5 Å². The third kappa shape index (κ3) is 5.10. The van der Waals surface area contributed by atoms with Crippen molar-refractivity contribution in [2.24, 2.45) is 17.8 Å². The lowest BCUT2D eigenvalue weighted by molar-refractivity contribution is -0.177. The molecule has 126 valence electrons. The third-order valence-electron chi connectivity index (χ3n) is 3.49. The Morgan fingerprint density at radius 2 is 1.95 bits per heavy atom. The first-order valence-corrected chi connectivity index (χ1v) is 8.94. The fourth-order valence-electron chi connectivity index (χ4n) is 2.06. The van der Waals surface area contributed by atoms with E-state index in [0.717, 1.165) is 0 Å². The SMILES string of the molecule is CC(C)C(=O)O[C@H]1[C@H](C)OC(=O)[C@@H](C)COC(=O)[C@@H]1CCI. The van der Waals surface area contributed by atoms with Gasteiger partial charge in [0.05, 0.1) is 17.8 Å². The Kier molecular flexibility index (Phi) is 7.58. The minimum atomic E-state index is -0.827. The van der Waals surface area contributed by atoms with Gasteiger partial charge < -0.3 is 14.2 Å². The van der Waals surface area contributed by atoms with Gasteiger partial charge in [-0.05, 0) is 20.3 Å². The number of carbonyl (C=O) groups excluding carboxylic acids is 3. The number of halogens is 1. The van der Waals surface area contributed by atoms with Crippen molar-refractivity contribution in [2.75, 3.05) is 11.0 Å².